The minimum atomic E-state index is -0.111. The van der Waals surface area contributed by atoms with Gasteiger partial charge in [-0.2, -0.15) is 12.1 Å². The Morgan fingerprint density at radius 3 is 2.02 bits per heavy atom. The molecule has 8 aromatic rings. The Morgan fingerprint density at radius 2 is 1.25 bits per heavy atom. The molecule has 5 nitrogen and oxygen atoms in total. The number of rotatable bonds is 7. The van der Waals surface area contributed by atoms with E-state index in [0.717, 1.165) is 50.4 Å². The molecule has 0 saturated carbocycles. The van der Waals surface area contributed by atoms with Crippen LogP contribution in [0.1, 0.15) is 51.3 Å². The maximum absolute atomic E-state index is 6.53. The van der Waals surface area contributed by atoms with Gasteiger partial charge in [0.2, 0.25) is 0 Å². The Labute approximate surface area is 338 Å². The number of ether oxygens (including phenoxy) is 1. The van der Waals surface area contributed by atoms with Crippen LogP contribution in [0.25, 0.3) is 27.6 Å². The first-order valence-electron chi connectivity index (χ1n) is 18.5. The number of nitrogens with zero attached hydrogens (tertiary/aromatic N) is 4. The van der Waals surface area contributed by atoms with Crippen molar-refractivity contribution in [2.75, 3.05) is 9.80 Å². The van der Waals surface area contributed by atoms with Crippen molar-refractivity contribution >= 4 is 44.6 Å². The third kappa shape index (κ3) is 6.61. The van der Waals surface area contributed by atoms with Crippen molar-refractivity contribution in [3.8, 4) is 17.3 Å². The first kappa shape index (κ1) is 36.3. The van der Waals surface area contributed by atoms with Gasteiger partial charge in [0.1, 0.15) is 5.82 Å². The van der Waals surface area contributed by atoms with E-state index >= 15 is 0 Å². The van der Waals surface area contributed by atoms with Gasteiger partial charge in [-0.25, -0.2) is 4.98 Å². The van der Waals surface area contributed by atoms with Crippen molar-refractivity contribution in [1.82, 2.24) is 9.55 Å². The molecule has 9 rings (SSSR count). The second-order valence-corrected chi connectivity index (χ2v) is 15.5. The van der Waals surface area contributed by atoms with Gasteiger partial charge < -0.3 is 19.1 Å². The molecular weight excluding hydrogens is 856 g/mol. The van der Waals surface area contributed by atoms with Gasteiger partial charge in [-0.1, -0.05) is 113 Å². The number of para-hydroxylation sites is 3. The van der Waals surface area contributed by atoms with E-state index in [-0.39, 0.29) is 31.9 Å². The van der Waals surface area contributed by atoms with E-state index in [1.54, 1.807) is 0 Å². The molecule has 6 heteroatoms. The van der Waals surface area contributed by atoms with Crippen molar-refractivity contribution in [2.24, 2.45) is 0 Å². The van der Waals surface area contributed by atoms with Crippen molar-refractivity contribution in [3.63, 3.8) is 0 Å². The predicted molar refractivity (Wildman–Crippen MR) is 221 cm³/mol. The number of pyridine rings is 1. The second kappa shape index (κ2) is 14.2. The van der Waals surface area contributed by atoms with Gasteiger partial charge in [-0.3, -0.25) is 0 Å². The summed E-state index contributed by atoms with van der Waals surface area (Å²) in [5.41, 5.74) is 9.80. The van der Waals surface area contributed by atoms with E-state index in [0.29, 0.717) is 11.5 Å². The van der Waals surface area contributed by atoms with Gasteiger partial charge in [0.05, 0.1) is 0 Å². The predicted octanol–water partition coefficient (Wildman–Crippen LogP) is 12.6. The molecule has 0 atom stereocenters. The van der Waals surface area contributed by atoms with Crippen LogP contribution in [-0.4, -0.2) is 9.55 Å². The maximum atomic E-state index is 6.53. The van der Waals surface area contributed by atoms with Crippen LogP contribution in [0, 0.1) is 18.8 Å². The van der Waals surface area contributed by atoms with E-state index in [4.69, 9.17) is 9.72 Å². The van der Waals surface area contributed by atoms with Crippen LogP contribution in [-0.2, 0) is 31.9 Å². The molecule has 0 radical (unpaired) electrons. The Balaban J connectivity index is 0.00000427. The molecule has 1 aliphatic rings. The fourth-order valence-corrected chi connectivity index (χ4v) is 7.50. The SMILES string of the molecule is CC(C)(C)c1ccnc(-n2c3[c-]c(Oc4[c-]c(N5[CH-]N(c6ccc(C(C)(C)c7ccccc7)cc6)c6ccccc65)ccc4)ccc3c3ccccc32)c1.[Pt]. The van der Waals surface area contributed by atoms with Crippen LogP contribution in [0.15, 0.2) is 152 Å². The first-order valence-corrected chi connectivity index (χ1v) is 18.5. The number of anilines is 4. The summed E-state index contributed by atoms with van der Waals surface area (Å²) in [5, 5.41) is 2.24. The van der Waals surface area contributed by atoms with Crippen molar-refractivity contribution < 1.29 is 25.8 Å². The van der Waals surface area contributed by atoms with Crippen LogP contribution in [0.2, 0.25) is 0 Å². The molecule has 0 unspecified atom stereocenters. The van der Waals surface area contributed by atoms with Gasteiger partial charge in [-0.05, 0) is 70.0 Å². The monoisotopic (exact) mass is 896 g/mol. The van der Waals surface area contributed by atoms with Crippen LogP contribution in [0.5, 0.6) is 11.5 Å². The zero-order valence-corrected chi connectivity index (χ0v) is 33.8. The first-order chi connectivity index (χ1) is 26.1. The van der Waals surface area contributed by atoms with Crippen LogP contribution in [0.4, 0.5) is 22.7 Å². The molecule has 0 aliphatic carbocycles. The van der Waals surface area contributed by atoms with E-state index in [2.05, 4.69) is 195 Å². The molecule has 276 valence electrons. The van der Waals surface area contributed by atoms with Gasteiger partial charge in [0, 0.05) is 66.8 Å². The Hall–Kier alpha value is -5.64. The number of benzene rings is 6. The molecule has 2 aromatic heterocycles. The van der Waals surface area contributed by atoms with E-state index in [1.165, 1.54) is 16.7 Å². The molecular formula is C49H41N4OPt-3. The average Bonchev–Trinajstić information content (AvgIpc) is 3.74. The summed E-state index contributed by atoms with van der Waals surface area (Å²) in [5.74, 6) is 2.08. The standard InChI is InChI=1S/C49H41N4O.Pt/c1-48(2,3)36-28-29-50-47(30-36)53-43-19-10-9-18-41(43)42-27-26-40(32-46(42)53)54-39-17-13-16-38(31-39)52-33-51(44-20-11-12-21-45(44)52)37-24-22-35(23-25-37)49(4,5)34-14-7-6-8-15-34;/h6-30,33H,1-5H3;/q-3;. The largest absolute Gasteiger partial charge is 0.509 e. The summed E-state index contributed by atoms with van der Waals surface area (Å²) in [4.78, 5) is 9.23. The quantitative estimate of drug-likeness (QED) is 0.149. The summed E-state index contributed by atoms with van der Waals surface area (Å²) < 4.78 is 8.72. The minimum absolute atomic E-state index is 0. The molecule has 0 saturated heterocycles. The summed E-state index contributed by atoms with van der Waals surface area (Å²) >= 11 is 0. The van der Waals surface area contributed by atoms with Crippen LogP contribution < -0.4 is 14.5 Å². The normalized spacial score (nSPS) is 12.9. The van der Waals surface area contributed by atoms with E-state index in [1.807, 2.05) is 24.4 Å². The molecule has 3 heterocycles. The molecule has 6 aromatic carbocycles. The Morgan fingerprint density at radius 1 is 0.582 bits per heavy atom. The zero-order valence-electron chi connectivity index (χ0n) is 31.5. The smallest absolute Gasteiger partial charge is 0.135 e. The minimum Gasteiger partial charge on any atom is -0.509 e. The third-order valence-corrected chi connectivity index (χ3v) is 10.6. The topological polar surface area (TPSA) is 33.5 Å². The molecule has 0 fully saturated rings. The molecule has 0 N–H and O–H groups in total. The van der Waals surface area contributed by atoms with Crippen LogP contribution >= 0.6 is 0 Å². The van der Waals surface area contributed by atoms with Crippen molar-refractivity contribution in [2.45, 2.75) is 45.4 Å². The molecule has 0 spiro atoms. The fourth-order valence-electron chi connectivity index (χ4n) is 7.50. The fraction of sp³-hybridized carbons (Fsp3) is 0.143. The van der Waals surface area contributed by atoms with Crippen molar-refractivity contribution in [1.29, 1.82) is 0 Å². The summed E-state index contributed by atoms with van der Waals surface area (Å²) in [6.45, 7) is 13.4. The van der Waals surface area contributed by atoms with Crippen LogP contribution in [0.3, 0.4) is 0 Å². The van der Waals surface area contributed by atoms with E-state index < -0.39 is 0 Å². The second-order valence-electron chi connectivity index (χ2n) is 15.5. The number of hydrogen-bond acceptors (Lipinski definition) is 4. The number of hydrogen-bond donors (Lipinski definition) is 0. The molecule has 0 bridgehead atoms. The summed E-state index contributed by atoms with van der Waals surface area (Å²) in [6.07, 6.45) is 1.90. The summed E-state index contributed by atoms with van der Waals surface area (Å²) in [6, 6.07) is 58.0. The molecule has 0 amide bonds. The maximum Gasteiger partial charge on any atom is 0.135 e. The average molecular weight is 897 g/mol. The molecule has 55 heavy (non-hydrogen) atoms. The summed E-state index contributed by atoms with van der Waals surface area (Å²) in [7, 11) is 0. The third-order valence-electron chi connectivity index (χ3n) is 10.6. The van der Waals surface area contributed by atoms with Gasteiger partial charge in [-0.15, -0.1) is 48.1 Å². The van der Waals surface area contributed by atoms with Gasteiger partial charge in [0.15, 0.2) is 0 Å². The van der Waals surface area contributed by atoms with Gasteiger partial charge >= 0.3 is 0 Å². The van der Waals surface area contributed by atoms with Crippen molar-refractivity contribution in [3.05, 3.63) is 187 Å². The molecule has 1 aliphatic heterocycles. The Bertz CT molecular complexity index is 2640. The number of fused-ring (bicyclic) bond motifs is 4. The Kier molecular flexibility index (Phi) is 9.39. The number of aromatic nitrogens is 2. The van der Waals surface area contributed by atoms with E-state index in [9.17, 15) is 0 Å². The van der Waals surface area contributed by atoms with Gasteiger partial charge in [0.25, 0.3) is 0 Å². The zero-order chi connectivity index (χ0) is 37.0.